The zero-order chi connectivity index (χ0) is 13.1. The summed E-state index contributed by atoms with van der Waals surface area (Å²) < 4.78 is 0. The maximum Gasteiger partial charge on any atom is 0.307 e. The van der Waals surface area contributed by atoms with Gasteiger partial charge in [0.1, 0.15) is 0 Å². The molecule has 98 valence electrons. The summed E-state index contributed by atoms with van der Waals surface area (Å²) in [5.74, 6) is -0.953. The van der Waals surface area contributed by atoms with Gasteiger partial charge in [0, 0.05) is 19.1 Å². The lowest BCUT2D eigenvalue weighted by molar-refractivity contribution is -0.141. The summed E-state index contributed by atoms with van der Waals surface area (Å²) in [6.07, 6.45) is 0.683. The van der Waals surface area contributed by atoms with Crippen LogP contribution in [0.25, 0.3) is 0 Å². The second kappa shape index (κ2) is 5.50. The minimum atomic E-state index is -0.700. The molecule has 0 aromatic heterocycles. The van der Waals surface area contributed by atoms with Crippen LogP contribution in [0.1, 0.15) is 23.6 Å². The van der Waals surface area contributed by atoms with E-state index in [4.69, 9.17) is 5.11 Å². The Hall–Kier alpha value is -1.39. The summed E-state index contributed by atoms with van der Waals surface area (Å²) in [7, 11) is 4.09. The van der Waals surface area contributed by atoms with Crippen LogP contribution in [0, 0.1) is 5.92 Å². The van der Waals surface area contributed by atoms with E-state index >= 15 is 0 Å². The summed E-state index contributed by atoms with van der Waals surface area (Å²) in [6.45, 7) is 1.50. The average Bonchev–Trinajstić information content (AvgIpc) is 2.78. The lowest BCUT2D eigenvalue weighted by Crippen LogP contribution is -2.17. The molecule has 4 heteroatoms. The second-order valence-corrected chi connectivity index (χ2v) is 5.21. The van der Waals surface area contributed by atoms with Crippen molar-refractivity contribution in [3.05, 3.63) is 35.4 Å². The Morgan fingerprint density at radius 2 is 2.06 bits per heavy atom. The molecule has 2 N–H and O–H groups in total. The van der Waals surface area contributed by atoms with Gasteiger partial charge in [-0.25, -0.2) is 0 Å². The van der Waals surface area contributed by atoms with Crippen molar-refractivity contribution in [2.75, 3.05) is 20.6 Å². The maximum absolute atomic E-state index is 10.9. The van der Waals surface area contributed by atoms with E-state index in [0.717, 1.165) is 6.54 Å². The van der Waals surface area contributed by atoms with Gasteiger partial charge in [0.2, 0.25) is 0 Å². The third kappa shape index (κ3) is 3.09. The van der Waals surface area contributed by atoms with Crippen molar-refractivity contribution in [3.63, 3.8) is 0 Å². The Morgan fingerprint density at radius 1 is 1.39 bits per heavy atom. The minimum Gasteiger partial charge on any atom is -0.481 e. The third-order valence-corrected chi connectivity index (χ3v) is 3.36. The molecule has 1 heterocycles. The molecule has 0 aliphatic carbocycles. The highest BCUT2D eigenvalue weighted by molar-refractivity contribution is 5.70. The van der Waals surface area contributed by atoms with Gasteiger partial charge in [-0.3, -0.25) is 4.79 Å². The van der Waals surface area contributed by atoms with Gasteiger partial charge >= 0.3 is 5.97 Å². The third-order valence-electron chi connectivity index (χ3n) is 3.36. The largest absolute Gasteiger partial charge is 0.481 e. The topological polar surface area (TPSA) is 52.6 Å². The van der Waals surface area contributed by atoms with Crippen LogP contribution in [0.4, 0.5) is 0 Å². The maximum atomic E-state index is 10.9. The average molecular weight is 248 g/mol. The molecule has 18 heavy (non-hydrogen) atoms. The van der Waals surface area contributed by atoms with Crippen molar-refractivity contribution in [3.8, 4) is 0 Å². The van der Waals surface area contributed by atoms with Gasteiger partial charge in [-0.2, -0.15) is 0 Å². The summed E-state index contributed by atoms with van der Waals surface area (Å²) in [5.41, 5.74) is 2.46. The monoisotopic (exact) mass is 248 g/mol. The molecule has 4 nitrogen and oxygen atoms in total. The fourth-order valence-corrected chi connectivity index (χ4v) is 2.40. The molecule has 0 spiro atoms. The smallest absolute Gasteiger partial charge is 0.307 e. The molecule has 2 atom stereocenters. The number of carboxylic acids is 1. The zero-order valence-corrected chi connectivity index (χ0v) is 10.9. The molecule has 0 amide bonds. The molecule has 0 radical (unpaired) electrons. The standard InChI is InChI=1S/C14H20N2O2/c1-16(2)9-10-3-5-11(6-4-10)13-7-12(8-15-13)14(17)18/h3-6,12-13,15H,7-9H2,1-2H3,(H,17,18). The molecule has 1 aromatic carbocycles. The van der Waals surface area contributed by atoms with Gasteiger partial charge in [0.05, 0.1) is 5.92 Å². The Labute approximate surface area is 108 Å². The zero-order valence-electron chi connectivity index (χ0n) is 10.9. The van der Waals surface area contributed by atoms with Crippen LogP contribution in [0.5, 0.6) is 0 Å². The van der Waals surface area contributed by atoms with Gasteiger partial charge in [-0.15, -0.1) is 0 Å². The van der Waals surface area contributed by atoms with Crippen LogP contribution in [0.3, 0.4) is 0 Å². The van der Waals surface area contributed by atoms with Crippen molar-refractivity contribution in [1.82, 2.24) is 10.2 Å². The van der Waals surface area contributed by atoms with Gasteiger partial charge < -0.3 is 15.3 Å². The quantitative estimate of drug-likeness (QED) is 0.847. The Bertz CT molecular complexity index is 414. The van der Waals surface area contributed by atoms with E-state index in [1.165, 1.54) is 11.1 Å². The first-order valence-corrected chi connectivity index (χ1v) is 6.26. The number of hydrogen-bond donors (Lipinski definition) is 2. The van der Waals surface area contributed by atoms with Gasteiger partial charge in [-0.1, -0.05) is 24.3 Å². The first kappa shape index (κ1) is 13.1. The van der Waals surface area contributed by atoms with Crippen LogP contribution in [-0.2, 0) is 11.3 Å². The first-order chi connectivity index (χ1) is 8.56. The van der Waals surface area contributed by atoms with Crippen LogP contribution in [0.15, 0.2) is 24.3 Å². The molecule has 1 aromatic rings. The lowest BCUT2D eigenvalue weighted by Gasteiger charge is -2.13. The van der Waals surface area contributed by atoms with Crippen molar-refractivity contribution in [1.29, 1.82) is 0 Å². The normalized spacial score (nSPS) is 23.5. The van der Waals surface area contributed by atoms with E-state index in [2.05, 4.69) is 34.5 Å². The summed E-state index contributed by atoms with van der Waals surface area (Å²) in [5, 5.41) is 12.2. The van der Waals surface area contributed by atoms with E-state index in [0.29, 0.717) is 13.0 Å². The fourth-order valence-electron chi connectivity index (χ4n) is 2.40. The predicted molar refractivity (Wildman–Crippen MR) is 70.3 cm³/mol. The van der Waals surface area contributed by atoms with Crippen LogP contribution in [0.2, 0.25) is 0 Å². The molecule has 2 rings (SSSR count). The van der Waals surface area contributed by atoms with Crippen LogP contribution < -0.4 is 5.32 Å². The summed E-state index contributed by atoms with van der Waals surface area (Å²) in [6, 6.07) is 8.61. The summed E-state index contributed by atoms with van der Waals surface area (Å²) in [4.78, 5) is 13.0. The van der Waals surface area contributed by atoms with Crippen molar-refractivity contribution in [2.24, 2.45) is 5.92 Å². The lowest BCUT2D eigenvalue weighted by atomic mass is 9.99. The minimum absolute atomic E-state index is 0.180. The van der Waals surface area contributed by atoms with Gasteiger partial charge in [0.25, 0.3) is 0 Å². The number of carboxylic acid groups (broad SMARTS) is 1. The van der Waals surface area contributed by atoms with E-state index in [9.17, 15) is 4.79 Å². The molecular weight excluding hydrogens is 228 g/mol. The molecule has 1 aliphatic heterocycles. The van der Waals surface area contributed by atoms with E-state index < -0.39 is 5.97 Å². The Kier molecular flexibility index (Phi) is 3.99. The van der Waals surface area contributed by atoms with Gasteiger partial charge in [0.15, 0.2) is 0 Å². The highest BCUT2D eigenvalue weighted by atomic mass is 16.4. The van der Waals surface area contributed by atoms with Gasteiger partial charge in [-0.05, 0) is 31.6 Å². The number of hydrogen-bond acceptors (Lipinski definition) is 3. The second-order valence-electron chi connectivity index (χ2n) is 5.21. The molecule has 2 unspecified atom stereocenters. The Morgan fingerprint density at radius 3 is 2.56 bits per heavy atom. The molecule has 1 fully saturated rings. The van der Waals surface area contributed by atoms with E-state index in [1.54, 1.807) is 0 Å². The molecule has 1 aliphatic rings. The number of rotatable bonds is 4. The number of nitrogens with one attached hydrogen (secondary N) is 1. The predicted octanol–water partition coefficient (Wildman–Crippen LogP) is 1.48. The van der Waals surface area contributed by atoms with E-state index in [1.807, 2.05) is 14.1 Å². The highest BCUT2D eigenvalue weighted by Gasteiger charge is 2.29. The molecule has 1 saturated heterocycles. The van der Waals surface area contributed by atoms with E-state index in [-0.39, 0.29) is 12.0 Å². The number of nitrogens with zero attached hydrogens (tertiary/aromatic N) is 1. The van der Waals surface area contributed by atoms with Crippen molar-refractivity contribution in [2.45, 2.75) is 19.0 Å². The number of benzene rings is 1. The molecule has 0 saturated carbocycles. The SMILES string of the molecule is CN(C)Cc1ccc(C2CC(C(=O)O)CN2)cc1. The first-order valence-electron chi connectivity index (χ1n) is 6.26. The van der Waals surface area contributed by atoms with Crippen molar-refractivity contribution >= 4 is 5.97 Å². The van der Waals surface area contributed by atoms with Crippen LogP contribution in [-0.4, -0.2) is 36.6 Å². The Balaban J connectivity index is 2.00. The number of aliphatic carboxylic acids is 1. The van der Waals surface area contributed by atoms with Crippen LogP contribution >= 0.6 is 0 Å². The van der Waals surface area contributed by atoms with Crippen molar-refractivity contribution < 1.29 is 9.90 Å². The number of carbonyl (C=O) groups is 1. The summed E-state index contributed by atoms with van der Waals surface area (Å²) >= 11 is 0. The molecular formula is C14H20N2O2. The highest BCUT2D eigenvalue weighted by Crippen LogP contribution is 2.27. The molecule has 0 bridgehead atoms. The fraction of sp³-hybridized carbons (Fsp3) is 0.500.